The van der Waals surface area contributed by atoms with Crippen LogP contribution < -0.4 is 0 Å². The molecule has 0 aliphatic heterocycles. The van der Waals surface area contributed by atoms with Crippen LogP contribution in [0.2, 0.25) is 0 Å². The van der Waals surface area contributed by atoms with E-state index >= 15 is 0 Å². The number of hydrogen-bond donors (Lipinski definition) is 0. The summed E-state index contributed by atoms with van der Waals surface area (Å²) >= 11 is 3.17. The minimum absolute atomic E-state index is 0.487. The minimum Gasteiger partial charge on any atom is -0.195 e. The smallest absolute Gasteiger partial charge is 0.195 e. The summed E-state index contributed by atoms with van der Waals surface area (Å²) in [7, 11) is 1.38. The molecule has 0 spiro atoms. The average molecular weight is 245 g/mol. The molecule has 0 atom stereocenters. The Bertz CT molecular complexity index is 203. The summed E-state index contributed by atoms with van der Waals surface area (Å²) in [4.78, 5) is 0. The maximum atomic E-state index is 11.3. The zero-order chi connectivity index (χ0) is 9.07. The molecule has 0 amide bonds. The molecule has 6 heteroatoms. The first-order chi connectivity index (χ1) is 4.92. The zero-order valence-corrected chi connectivity index (χ0v) is 9.31. The fraction of sp³-hybridized carbons (Fsp3) is 1.00. The molecule has 0 bridgehead atoms. The number of nitrogens with zero attached hydrogens (tertiary/aromatic N) is 2. The summed E-state index contributed by atoms with van der Waals surface area (Å²) in [5, 5.41) is 0.649. The Balaban J connectivity index is 4.32. The fourth-order valence-electron chi connectivity index (χ4n) is 0.513. The van der Waals surface area contributed by atoms with Crippen LogP contribution in [0, 0.1) is 0 Å². The van der Waals surface area contributed by atoms with E-state index in [9.17, 15) is 8.42 Å². The topological polar surface area (TPSA) is 40.6 Å². The van der Waals surface area contributed by atoms with Gasteiger partial charge in [0.25, 0.3) is 10.2 Å². The van der Waals surface area contributed by atoms with Crippen molar-refractivity contribution in [3.63, 3.8) is 0 Å². The van der Waals surface area contributed by atoms with E-state index in [1.807, 2.05) is 0 Å². The second-order valence-electron chi connectivity index (χ2n) is 2.30. The molecule has 68 valence electrons. The maximum Gasteiger partial charge on any atom is 0.281 e. The number of halogens is 1. The molecule has 0 unspecified atom stereocenters. The predicted molar refractivity (Wildman–Crippen MR) is 49.0 cm³/mol. The Morgan fingerprint density at radius 2 is 1.73 bits per heavy atom. The van der Waals surface area contributed by atoms with Gasteiger partial charge in [0.1, 0.15) is 0 Å². The van der Waals surface area contributed by atoms with E-state index in [2.05, 4.69) is 15.9 Å². The maximum absolute atomic E-state index is 11.3. The second kappa shape index (κ2) is 4.39. The van der Waals surface area contributed by atoms with Crippen LogP contribution in [0.25, 0.3) is 0 Å². The molecule has 0 aromatic heterocycles. The molecule has 0 saturated heterocycles. The Morgan fingerprint density at radius 1 is 1.27 bits per heavy atom. The Morgan fingerprint density at radius 3 is 2.00 bits per heavy atom. The van der Waals surface area contributed by atoms with Crippen molar-refractivity contribution in [1.29, 1.82) is 0 Å². The van der Waals surface area contributed by atoms with Gasteiger partial charge in [0.2, 0.25) is 0 Å². The largest absolute Gasteiger partial charge is 0.281 e. The van der Waals surface area contributed by atoms with Gasteiger partial charge in [-0.15, -0.1) is 0 Å². The fourth-order valence-corrected chi connectivity index (χ4v) is 2.16. The third-order valence-corrected chi connectivity index (χ3v) is 3.50. The lowest BCUT2D eigenvalue weighted by Crippen LogP contribution is -2.38. The lowest BCUT2D eigenvalue weighted by Gasteiger charge is -2.19. The summed E-state index contributed by atoms with van der Waals surface area (Å²) in [6, 6.07) is 0. The molecule has 0 fully saturated rings. The molecule has 0 heterocycles. The van der Waals surface area contributed by atoms with Crippen molar-refractivity contribution in [3.05, 3.63) is 0 Å². The van der Waals surface area contributed by atoms with Gasteiger partial charge in [0.05, 0.1) is 0 Å². The van der Waals surface area contributed by atoms with Crippen molar-refractivity contribution in [1.82, 2.24) is 8.61 Å². The first-order valence-corrected chi connectivity index (χ1v) is 5.64. The molecule has 0 N–H and O–H groups in total. The first kappa shape index (κ1) is 11.4. The molecule has 0 aliphatic rings. The lowest BCUT2D eigenvalue weighted by atomic mass is 10.8. The van der Waals surface area contributed by atoms with Crippen LogP contribution >= 0.6 is 15.9 Å². The van der Waals surface area contributed by atoms with E-state index in [-0.39, 0.29) is 0 Å². The van der Waals surface area contributed by atoms with Crippen LogP contribution in [0.4, 0.5) is 0 Å². The van der Waals surface area contributed by atoms with E-state index in [0.29, 0.717) is 11.9 Å². The van der Waals surface area contributed by atoms with Gasteiger partial charge < -0.3 is 0 Å². The molecule has 0 aliphatic carbocycles. The highest BCUT2D eigenvalue weighted by molar-refractivity contribution is 9.09. The summed E-state index contributed by atoms with van der Waals surface area (Å²) < 4.78 is 25.0. The van der Waals surface area contributed by atoms with E-state index in [1.54, 1.807) is 7.05 Å². The normalized spacial score (nSPS) is 12.9. The van der Waals surface area contributed by atoms with Gasteiger partial charge in [0.15, 0.2) is 0 Å². The van der Waals surface area contributed by atoms with Gasteiger partial charge in [-0.1, -0.05) is 15.9 Å². The number of hydrogen-bond acceptors (Lipinski definition) is 2. The van der Waals surface area contributed by atoms with Crippen molar-refractivity contribution < 1.29 is 8.42 Å². The number of alkyl halides is 1. The number of rotatable bonds is 4. The highest BCUT2D eigenvalue weighted by atomic mass is 79.9. The van der Waals surface area contributed by atoms with Crippen molar-refractivity contribution in [2.45, 2.75) is 0 Å². The van der Waals surface area contributed by atoms with Gasteiger partial charge in [-0.3, -0.25) is 0 Å². The predicted octanol–water partition coefficient (Wildman–Crippen LogP) is 0.120. The van der Waals surface area contributed by atoms with Gasteiger partial charge in [-0.05, 0) is 0 Å². The standard InChI is InChI=1S/C5H13BrN2O2S/c1-7(2)11(9,10)8(3)5-4-6/h4-5H2,1-3H3. The summed E-state index contributed by atoms with van der Waals surface area (Å²) in [6.45, 7) is 0.487. The van der Waals surface area contributed by atoms with Gasteiger partial charge >= 0.3 is 0 Å². The van der Waals surface area contributed by atoms with E-state index < -0.39 is 10.2 Å². The third kappa shape index (κ3) is 3.06. The molecule has 0 aromatic rings. The molecule has 0 radical (unpaired) electrons. The third-order valence-electron chi connectivity index (χ3n) is 1.25. The summed E-state index contributed by atoms with van der Waals surface area (Å²) in [5.41, 5.74) is 0. The highest BCUT2D eigenvalue weighted by Gasteiger charge is 2.18. The Labute approximate surface area is 76.5 Å². The highest BCUT2D eigenvalue weighted by Crippen LogP contribution is 2.00. The molecular weight excluding hydrogens is 232 g/mol. The second-order valence-corrected chi connectivity index (χ2v) is 5.34. The SMILES string of the molecule is CN(C)S(=O)(=O)N(C)CCBr. The lowest BCUT2D eigenvalue weighted by molar-refractivity contribution is 0.430. The summed E-state index contributed by atoms with van der Waals surface area (Å²) in [6.07, 6.45) is 0. The van der Waals surface area contributed by atoms with E-state index in [1.165, 1.54) is 22.7 Å². The van der Waals surface area contributed by atoms with Crippen molar-refractivity contribution in [2.75, 3.05) is 33.0 Å². The van der Waals surface area contributed by atoms with Gasteiger partial charge in [-0.2, -0.15) is 17.0 Å². The molecule has 4 nitrogen and oxygen atoms in total. The zero-order valence-electron chi connectivity index (χ0n) is 6.91. The van der Waals surface area contributed by atoms with E-state index in [0.717, 1.165) is 0 Å². The quantitative estimate of drug-likeness (QED) is 0.660. The molecular formula is C5H13BrN2O2S. The molecule has 0 saturated carbocycles. The molecule has 11 heavy (non-hydrogen) atoms. The van der Waals surface area contributed by atoms with E-state index in [4.69, 9.17) is 0 Å². The van der Waals surface area contributed by atoms with Gasteiger partial charge in [-0.25, -0.2) is 0 Å². The molecule has 0 rings (SSSR count). The van der Waals surface area contributed by atoms with Crippen LogP contribution in [0.5, 0.6) is 0 Å². The molecule has 0 aromatic carbocycles. The monoisotopic (exact) mass is 244 g/mol. The van der Waals surface area contributed by atoms with Crippen LogP contribution in [-0.4, -0.2) is 50.0 Å². The Kier molecular flexibility index (Phi) is 4.53. The van der Waals surface area contributed by atoms with Crippen LogP contribution in [0.1, 0.15) is 0 Å². The first-order valence-electron chi connectivity index (χ1n) is 3.12. The van der Waals surface area contributed by atoms with Gasteiger partial charge in [0, 0.05) is 33.0 Å². The minimum atomic E-state index is -3.20. The van der Waals surface area contributed by atoms with Crippen LogP contribution in [-0.2, 0) is 10.2 Å². The Hall–Kier alpha value is 0.350. The van der Waals surface area contributed by atoms with Crippen LogP contribution in [0.3, 0.4) is 0 Å². The van der Waals surface area contributed by atoms with Crippen molar-refractivity contribution >= 4 is 26.1 Å². The van der Waals surface area contributed by atoms with Crippen molar-refractivity contribution in [2.24, 2.45) is 0 Å². The van der Waals surface area contributed by atoms with Crippen LogP contribution in [0.15, 0.2) is 0 Å². The average Bonchev–Trinajstić information content (AvgIpc) is 1.88. The summed E-state index contributed by atoms with van der Waals surface area (Å²) in [5.74, 6) is 0. The van der Waals surface area contributed by atoms with Crippen molar-refractivity contribution in [3.8, 4) is 0 Å².